The summed E-state index contributed by atoms with van der Waals surface area (Å²) < 4.78 is 10.5. The zero-order chi connectivity index (χ0) is 12.3. The summed E-state index contributed by atoms with van der Waals surface area (Å²) in [6.45, 7) is 2.68. The molecule has 3 nitrogen and oxygen atoms in total. The number of hydrogen-bond acceptors (Lipinski definition) is 3. The quantitative estimate of drug-likeness (QED) is 0.752. The van der Waals surface area contributed by atoms with Crippen LogP contribution in [0.1, 0.15) is 48.9 Å². The number of carbonyl (C=O) groups excluding carboxylic acids is 1. The molecule has 94 valence electrons. The SMILES string of the molecule is COCc1ccc(C(=O)C2CCC(C)CC2)o1. The van der Waals surface area contributed by atoms with Crippen LogP contribution in [-0.4, -0.2) is 12.9 Å². The number of ether oxygens (including phenoxy) is 1. The first-order chi connectivity index (χ1) is 8.20. The van der Waals surface area contributed by atoms with E-state index in [-0.39, 0.29) is 11.7 Å². The monoisotopic (exact) mass is 236 g/mol. The van der Waals surface area contributed by atoms with E-state index in [4.69, 9.17) is 9.15 Å². The Labute approximate surface area is 102 Å². The molecule has 0 spiro atoms. The molecule has 0 unspecified atom stereocenters. The predicted octanol–water partition coefficient (Wildman–Crippen LogP) is 3.44. The third-order valence-corrected chi connectivity index (χ3v) is 3.58. The van der Waals surface area contributed by atoms with Crippen molar-refractivity contribution in [3.8, 4) is 0 Å². The minimum absolute atomic E-state index is 0.160. The highest BCUT2D eigenvalue weighted by atomic mass is 16.5. The summed E-state index contributed by atoms with van der Waals surface area (Å²) in [5, 5.41) is 0. The highest BCUT2D eigenvalue weighted by Gasteiger charge is 2.27. The van der Waals surface area contributed by atoms with Gasteiger partial charge in [-0.05, 0) is 30.9 Å². The van der Waals surface area contributed by atoms with Crippen LogP contribution in [0.4, 0.5) is 0 Å². The smallest absolute Gasteiger partial charge is 0.201 e. The average Bonchev–Trinajstić information content (AvgIpc) is 2.78. The van der Waals surface area contributed by atoms with Crippen molar-refractivity contribution < 1.29 is 13.9 Å². The summed E-state index contributed by atoms with van der Waals surface area (Å²) in [6.07, 6.45) is 4.31. The lowest BCUT2D eigenvalue weighted by Gasteiger charge is -2.24. The van der Waals surface area contributed by atoms with Gasteiger partial charge in [-0.1, -0.05) is 19.8 Å². The topological polar surface area (TPSA) is 39.4 Å². The molecule has 1 aromatic rings. The normalized spacial score (nSPS) is 24.8. The molecule has 1 aliphatic rings. The summed E-state index contributed by atoms with van der Waals surface area (Å²) >= 11 is 0. The lowest BCUT2D eigenvalue weighted by atomic mass is 9.80. The molecule has 0 bridgehead atoms. The molecule has 1 aromatic heterocycles. The molecular formula is C14H20O3. The van der Waals surface area contributed by atoms with Gasteiger partial charge < -0.3 is 9.15 Å². The molecule has 0 aliphatic heterocycles. The Bertz CT molecular complexity index is 373. The largest absolute Gasteiger partial charge is 0.456 e. The Morgan fingerprint density at radius 3 is 2.71 bits per heavy atom. The molecule has 0 radical (unpaired) electrons. The molecule has 0 N–H and O–H groups in total. The van der Waals surface area contributed by atoms with Crippen LogP contribution >= 0.6 is 0 Å². The molecule has 1 aliphatic carbocycles. The number of hydrogen-bond donors (Lipinski definition) is 0. The van der Waals surface area contributed by atoms with Crippen molar-refractivity contribution >= 4 is 5.78 Å². The van der Waals surface area contributed by atoms with E-state index in [2.05, 4.69) is 6.92 Å². The van der Waals surface area contributed by atoms with E-state index in [0.29, 0.717) is 12.4 Å². The molecule has 3 heteroatoms. The number of rotatable bonds is 4. The fourth-order valence-corrected chi connectivity index (χ4v) is 2.45. The van der Waals surface area contributed by atoms with Crippen molar-refractivity contribution in [2.45, 2.75) is 39.2 Å². The fourth-order valence-electron chi connectivity index (χ4n) is 2.45. The first kappa shape index (κ1) is 12.4. The van der Waals surface area contributed by atoms with Crippen LogP contribution in [0, 0.1) is 11.8 Å². The van der Waals surface area contributed by atoms with Gasteiger partial charge in [-0.25, -0.2) is 0 Å². The average molecular weight is 236 g/mol. The molecule has 2 rings (SSSR count). The minimum Gasteiger partial charge on any atom is -0.456 e. The van der Waals surface area contributed by atoms with Crippen LogP contribution in [0.3, 0.4) is 0 Å². The van der Waals surface area contributed by atoms with Crippen molar-refractivity contribution in [1.29, 1.82) is 0 Å². The zero-order valence-corrected chi connectivity index (χ0v) is 10.6. The van der Waals surface area contributed by atoms with E-state index in [1.54, 1.807) is 13.2 Å². The van der Waals surface area contributed by atoms with Crippen LogP contribution in [0.5, 0.6) is 0 Å². The first-order valence-corrected chi connectivity index (χ1v) is 6.32. The Hall–Kier alpha value is -1.09. The third-order valence-electron chi connectivity index (χ3n) is 3.58. The van der Waals surface area contributed by atoms with E-state index in [1.807, 2.05) is 6.07 Å². The van der Waals surface area contributed by atoms with Crippen LogP contribution in [0.25, 0.3) is 0 Å². The van der Waals surface area contributed by atoms with E-state index in [0.717, 1.165) is 37.4 Å². The molecule has 17 heavy (non-hydrogen) atoms. The van der Waals surface area contributed by atoms with Gasteiger partial charge in [0.2, 0.25) is 5.78 Å². The second-order valence-electron chi connectivity index (χ2n) is 5.02. The van der Waals surface area contributed by atoms with Crippen LogP contribution in [0.2, 0.25) is 0 Å². The first-order valence-electron chi connectivity index (χ1n) is 6.32. The lowest BCUT2D eigenvalue weighted by Crippen LogP contribution is -2.20. The highest BCUT2D eigenvalue weighted by Crippen LogP contribution is 2.31. The van der Waals surface area contributed by atoms with Gasteiger partial charge in [0.05, 0.1) is 0 Å². The molecule has 0 atom stereocenters. The summed E-state index contributed by atoms with van der Waals surface area (Å²) in [6, 6.07) is 3.59. The van der Waals surface area contributed by atoms with Gasteiger partial charge in [-0.2, -0.15) is 0 Å². The van der Waals surface area contributed by atoms with Crippen molar-refractivity contribution in [2.75, 3.05) is 7.11 Å². The van der Waals surface area contributed by atoms with E-state index < -0.39 is 0 Å². The Morgan fingerprint density at radius 1 is 1.35 bits per heavy atom. The predicted molar refractivity (Wildman–Crippen MR) is 64.9 cm³/mol. The minimum atomic E-state index is 0.160. The lowest BCUT2D eigenvalue weighted by molar-refractivity contribution is 0.0838. The number of methoxy groups -OCH3 is 1. The second kappa shape index (κ2) is 5.50. The van der Waals surface area contributed by atoms with Gasteiger partial charge >= 0.3 is 0 Å². The summed E-state index contributed by atoms with van der Waals surface area (Å²) in [5.41, 5.74) is 0. The van der Waals surface area contributed by atoms with Crippen molar-refractivity contribution in [3.63, 3.8) is 0 Å². The van der Waals surface area contributed by atoms with Gasteiger partial charge in [0, 0.05) is 13.0 Å². The fraction of sp³-hybridized carbons (Fsp3) is 0.643. The van der Waals surface area contributed by atoms with Crippen LogP contribution in [0.15, 0.2) is 16.5 Å². The number of furan rings is 1. The maximum Gasteiger partial charge on any atom is 0.201 e. The molecule has 0 aromatic carbocycles. The van der Waals surface area contributed by atoms with E-state index in [1.165, 1.54) is 0 Å². The number of carbonyl (C=O) groups is 1. The molecule has 1 heterocycles. The molecule has 1 saturated carbocycles. The number of ketones is 1. The summed E-state index contributed by atoms with van der Waals surface area (Å²) in [7, 11) is 1.62. The maximum atomic E-state index is 12.2. The van der Waals surface area contributed by atoms with E-state index >= 15 is 0 Å². The second-order valence-corrected chi connectivity index (χ2v) is 5.02. The Balaban J connectivity index is 1.98. The molecule has 1 fully saturated rings. The summed E-state index contributed by atoms with van der Waals surface area (Å²) in [4.78, 5) is 12.2. The van der Waals surface area contributed by atoms with Crippen molar-refractivity contribution in [1.82, 2.24) is 0 Å². The zero-order valence-electron chi connectivity index (χ0n) is 10.6. The maximum absolute atomic E-state index is 12.2. The molecular weight excluding hydrogens is 216 g/mol. The van der Waals surface area contributed by atoms with Crippen molar-refractivity contribution in [3.05, 3.63) is 23.7 Å². The Morgan fingerprint density at radius 2 is 2.06 bits per heavy atom. The van der Waals surface area contributed by atoms with Crippen LogP contribution < -0.4 is 0 Å². The molecule has 0 saturated heterocycles. The van der Waals surface area contributed by atoms with Crippen LogP contribution in [-0.2, 0) is 11.3 Å². The van der Waals surface area contributed by atoms with Gasteiger partial charge in [-0.3, -0.25) is 4.79 Å². The number of Topliss-reactive ketones (excluding diaryl/α,β-unsaturated/α-hetero) is 1. The summed E-state index contributed by atoms with van der Waals surface area (Å²) in [5.74, 6) is 2.31. The van der Waals surface area contributed by atoms with Gasteiger partial charge in [0.1, 0.15) is 12.4 Å². The van der Waals surface area contributed by atoms with Gasteiger partial charge in [-0.15, -0.1) is 0 Å². The van der Waals surface area contributed by atoms with Gasteiger partial charge in [0.25, 0.3) is 0 Å². The highest BCUT2D eigenvalue weighted by molar-refractivity contribution is 5.95. The van der Waals surface area contributed by atoms with E-state index in [9.17, 15) is 4.79 Å². The van der Waals surface area contributed by atoms with Gasteiger partial charge in [0.15, 0.2) is 5.76 Å². The third kappa shape index (κ3) is 2.97. The Kier molecular flexibility index (Phi) is 4.00. The van der Waals surface area contributed by atoms with Crippen molar-refractivity contribution in [2.24, 2.45) is 11.8 Å². The standard InChI is InChI=1S/C14H20O3/c1-10-3-5-11(6-4-10)14(15)13-8-7-12(17-13)9-16-2/h7-8,10-11H,3-6,9H2,1-2H3. The molecule has 0 amide bonds.